The second-order valence-electron chi connectivity index (χ2n) is 10.1. The summed E-state index contributed by atoms with van der Waals surface area (Å²) in [6, 6.07) is 8.34. The zero-order valence-electron chi connectivity index (χ0n) is 20.7. The molecule has 2 fully saturated rings. The van der Waals surface area contributed by atoms with E-state index >= 15 is 0 Å². The van der Waals surface area contributed by atoms with Crippen molar-refractivity contribution in [3.8, 4) is 0 Å². The Bertz CT molecular complexity index is 1660. The molecule has 6 rings (SSSR count). The number of fused-ring (bicyclic) bond motifs is 2. The van der Waals surface area contributed by atoms with Crippen molar-refractivity contribution >= 4 is 50.1 Å². The van der Waals surface area contributed by atoms with E-state index in [0.717, 1.165) is 0 Å². The van der Waals surface area contributed by atoms with E-state index < -0.39 is 33.7 Å². The second kappa shape index (κ2) is 9.65. The maximum Gasteiger partial charge on any atom is 0.255 e. The van der Waals surface area contributed by atoms with Gasteiger partial charge in [0, 0.05) is 48.6 Å². The number of carbonyl (C=O) groups is 3. The molecule has 3 amide bonds. The van der Waals surface area contributed by atoms with Gasteiger partial charge >= 0.3 is 0 Å². The molecule has 9 nitrogen and oxygen atoms in total. The standard InChI is InChI=1S/C27H24ClFN4O5S/c28-25-18-2-1-3-23(17(18)6-9-30-25)39(37,38)32-10-7-15(8-11-32)19-12-16(29)13-20-21(19)14-33(27(20)36)22-4-5-24(34)31-26(22)35/h1-3,6,9,12-13,15,22H,4-5,7-8,10-11,14H2,(H,31,34,35). The van der Waals surface area contributed by atoms with Crippen molar-refractivity contribution < 1.29 is 27.2 Å². The van der Waals surface area contributed by atoms with Crippen molar-refractivity contribution in [2.75, 3.05) is 13.1 Å². The predicted molar refractivity (Wildman–Crippen MR) is 140 cm³/mol. The highest BCUT2D eigenvalue weighted by molar-refractivity contribution is 7.89. The maximum atomic E-state index is 14.7. The molecule has 0 saturated carbocycles. The van der Waals surface area contributed by atoms with Gasteiger partial charge in [0.2, 0.25) is 21.8 Å². The van der Waals surface area contributed by atoms with Crippen LogP contribution < -0.4 is 5.32 Å². The SMILES string of the molecule is O=C1CCC(N2Cc3c(cc(F)cc3C3CCN(S(=O)(=O)c4cccc5c(Cl)nccc45)CC3)C2=O)C(=O)N1. The van der Waals surface area contributed by atoms with Gasteiger partial charge in [-0.25, -0.2) is 17.8 Å². The lowest BCUT2D eigenvalue weighted by molar-refractivity contribution is -0.136. The molecular formula is C27H24ClFN4O5S. The first-order valence-corrected chi connectivity index (χ1v) is 14.5. The zero-order chi connectivity index (χ0) is 27.5. The number of halogens is 2. The van der Waals surface area contributed by atoms with Gasteiger partial charge in [0.1, 0.15) is 17.0 Å². The molecule has 0 radical (unpaired) electrons. The van der Waals surface area contributed by atoms with Crippen LogP contribution in [0.25, 0.3) is 10.8 Å². The van der Waals surface area contributed by atoms with E-state index in [-0.39, 0.29) is 59.9 Å². The van der Waals surface area contributed by atoms with Gasteiger partial charge in [-0.2, -0.15) is 4.31 Å². The van der Waals surface area contributed by atoms with Crippen LogP contribution in [-0.4, -0.2) is 59.5 Å². The molecular weight excluding hydrogens is 547 g/mol. The summed E-state index contributed by atoms with van der Waals surface area (Å²) >= 11 is 6.18. The Labute approximate surface area is 229 Å². The number of pyridine rings is 1. The van der Waals surface area contributed by atoms with E-state index in [1.807, 2.05) is 0 Å². The van der Waals surface area contributed by atoms with Gasteiger partial charge in [0.15, 0.2) is 0 Å². The minimum atomic E-state index is -3.83. The number of carbonyl (C=O) groups excluding carboxylic acids is 3. The van der Waals surface area contributed by atoms with Crippen LogP contribution in [0.1, 0.15) is 53.1 Å². The summed E-state index contributed by atoms with van der Waals surface area (Å²) in [4.78, 5) is 42.7. The quantitative estimate of drug-likeness (QED) is 0.380. The van der Waals surface area contributed by atoms with Gasteiger partial charge in [0.25, 0.3) is 5.91 Å². The fourth-order valence-corrected chi connectivity index (χ4v) is 7.83. The fraction of sp³-hybridized carbons (Fsp3) is 0.333. The number of hydrogen-bond acceptors (Lipinski definition) is 6. The monoisotopic (exact) mass is 570 g/mol. The van der Waals surface area contributed by atoms with E-state index in [4.69, 9.17) is 11.6 Å². The molecule has 1 aromatic heterocycles. The topological polar surface area (TPSA) is 117 Å². The summed E-state index contributed by atoms with van der Waals surface area (Å²) in [5.74, 6) is -2.07. The number of piperidine rings is 2. The molecule has 12 heteroatoms. The van der Waals surface area contributed by atoms with Crippen molar-refractivity contribution in [1.29, 1.82) is 0 Å². The predicted octanol–water partition coefficient (Wildman–Crippen LogP) is 3.36. The number of benzene rings is 2. The zero-order valence-corrected chi connectivity index (χ0v) is 22.3. The average Bonchev–Trinajstić information content (AvgIpc) is 3.24. The van der Waals surface area contributed by atoms with Crippen LogP contribution >= 0.6 is 11.6 Å². The van der Waals surface area contributed by atoms with E-state index in [2.05, 4.69) is 10.3 Å². The van der Waals surface area contributed by atoms with Crippen LogP contribution in [0.5, 0.6) is 0 Å². The minimum Gasteiger partial charge on any atom is -0.322 e. The van der Waals surface area contributed by atoms with Crippen molar-refractivity contribution in [3.63, 3.8) is 0 Å². The third kappa shape index (κ3) is 4.38. The van der Waals surface area contributed by atoms with Crippen molar-refractivity contribution in [2.45, 2.75) is 49.1 Å². The van der Waals surface area contributed by atoms with Crippen LogP contribution in [0.2, 0.25) is 5.15 Å². The molecule has 4 heterocycles. The Morgan fingerprint density at radius 1 is 1.03 bits per heavy atom. The van der Waals surface area contributed by atoms with Crippen LogP contribution in [0.3, 0.4) is 0 Å². The largest absolute Gasteiger partial charge is 0.322 e. The normalized spacial score (nSPS) is 20.9. The highest BCUT2D eigenvalue weighted by Gasteiger charge is 2.41. The van der Waals surface area contributed by atoms with E-state index in [9.17, 15) is 27.2 Å². The van der Waals surface area contributed by atoms with Gasteiger partial charge < -0.3 is 4.90 Å². The van der Waals surface area contributed by atoms with Crippen molar-refractivity contribution in [3.05, 3.63) is 70.3 Å². The lowest BCUT2D eigenvalue weighted by Gasteiger charge is -2.33. The first-order valence-electron chi connectivity index (χ1n) is 12.7. The summed E-state index contributed by atoms with van der Waals surface area (Å²) in [6.07, 6.45) is 2.70. The molecule has 2 saturated heterocycles. The number of amides is 3. The van der Waals surface area contributed by atoms with E-state index in [1.165, 1.54) is 27.5 Å². The minimum absolute atomic E-state index is 0.129. The number of aromatic nitrogens is 1. The summed E-state index contributed by atoms with van der Waals surface area (Å²) in [7, 11) is -3.83. The molecule has 1 unspecified atom stereocenters. The summed E-state index contributed by atoms with van der Waals surface area (Å²) in [6.45, 7) is 0.579. The van der Waals surface area contributed by atoms with E-state index in [1.54, 1.807) is 24.3 Å². The van der Waals surface area contributed by atoms with Gasteiger partial charge in [0.05, 0.1) is 4.90 Å². The Balaban J connectivity index is 1.24. The van der Waals surface area contributed by atoms with Crippen LogP contribution in [0, 0.1) is 5.82 Å². The summed E-state index contributed by atoms with van der Waals surface area (Å²) in [5.41, 5.74) is 1.53. The van der Waals surface area contributed by atoms with Gasteiger partial charge in [-0.15, -0.1) is 0 Å². The van der Waals surface area contributed by atoms with Crippen molar-refractivity contribution in [1.82, 2.24) is 19.5 Å². The van der Waals surface area contributed by atoms with Gasteiger partial charge in [-0.1, -0.05) is 23.7 Å². The smallest absolute Gasteiger partial charge is 0.255 e. The number of rotatable bonds is 4. The Morgan fingerprint density at radius 2 is 1.79 bits per heavy atom. The van der Waals surface area contributed by atoms with Crippen molar-refractivity contribution in [2.24, 2.45) is 0 Å². The lowest BCUT2D eigenvalue weighted by Crippen LogP contribution is -2.52. The maximum absolute atomic E-state index is 14.7. The molecule has 3 aromatic rings. The first kappa shape index (κ1) is 25.8. The molecule has 1 atom stereocenters. The summed E-state index contributed by atoms with van der Waals surface area (Å²) < 4.78 is 43.3. The van der Waals surface area contributed by atoms with Crippen LogP contribution in [-0.2, 0) is 26.2 Å². The molecule has 3 aliphatic rings. The molecule has 0 aliphatic carbocycles. The second-order valence-corrected chi connectivity index (χ2v) is 12.3. The molecule has 0 bridgehead atoms. The summed E-state index contributed by atoms with van der Waals surface area (Å²) in [5, 5.41) is 3.54. The molecule has 0 spiro atoms. The lowest BCUT2D eigenvalue weighted by atomic mass is 9.86. The Hall–Kier alpha value is -3.41. The number of sulfonamides is 1. The van der Waals surface area contributed by atoms with Gasteiger partial charge in [-0.05, 0) is 60.6 Å². The number of nitrogens with zero attached hydrogens (tertiary/aromatic N) is 3. The highest BCUT2D eigenvalue weighted by Crippen LogP contribution is 2.39. The molecule has 1 N–H and O–H groups in total. The first-order chi connectivity index (χ1) is 18.6. The fourth-order valence-electron chi connectivity index (χ4n) is 5.93. The number of hydrogen-bond donors (Lipinski definition) is 1. The van der Waals surface area contributed by atoms with Crippen LogP contribution in [0.15, 0.2) is 47.5 Å². The Kier molecular flexibility index (Phi) is 6.40. The molecule has 3 aliphatic heterocycles. The average molecular weight is 571 g/mol. The third-order valence-corrected chi connectivity index (χ3v) is 10.1. The molecule has 202 valence electrons. The van der Waals surface area contributed by atoms with E-state index in [0.29, 0.717) is 34.7 Å². The highest BCUT2D eigenvalue weighted by atomic mass is 35.5. The molecule has 39 heavy (non-hydrogen) atoms. The Morgan fingerprint density at radius 3 is 2.54 bits per heavy atom. The van der Waals surface area contributed by atoms with Crippen LogP contribution in [0.4, 0.5) is 4.39 Å². The number of nitrogens with one attached hydrogen (secondary N) is 1. The third-order valence-electron chi connectivity index (χ3n) is 7.88. The van der Waals surface area contributed by atoms with Gasteiger partial charge in [-0.3, -0.25) is 19.7 Å². The molecule has 2 aromatic carbocycles. The number of imide groups is 1.